The van der Waals surface area contributed by atoms with Crippen LogP contribution in [0.15, 0.2) is 54.9 Å². The molecule has 1 saturated heterocycles. The van der Waals surface area contributed by atoms with Gasteiger partial charge < -0.3 is 25.5 Å². The van der Waals surface area contributed by atoms with Crippen molar-refractivity contribution >= 4 is 39.6 Å². The van der Waals surface area contributed by atoms with E-state index in [4.69, 9.17) is 15.7 Å². The number of carbonyl (C=O) groups is 1. The van der Waals surface area contributed by atoms with Crippen LogP contribution in [0.2, 0.25) is 0 Å². The van der Waals surface area contributed by atoms with E-state index >= 15 is 0 Å². The van der Waals surface area contributed by atoms with Gasteiger partial charge in [-0.25, -0.2) is 19.9 Å². The molecule has 0 atom stereocenters. The Hall–Kier alpha value is -4.47. The summed E-state index contributed by atoms with van der Waals surface area (Å²) in [6.45, 7) is 2.49. The van der Waals surface area contributed by atoms with E-state index < -0.39 is 0 Å². The van der Waals surface area contributed by atoms with Crippen LogP contribution in [0, 0.1) is 0 Å². The Kier molecular flexibility index (Phi) is 5.25. The maximum Gasteiger partial charge on any atom is 0.222 e. The van der Waals surface area contributed by atoms with Gasteiger partial charge in [0.25, 0.3) is 0 Å². The van der Waals surface area contributed by atoms with Gasteiger partial charge in [0.05, 0.1) is 23.9 Å². The topological polar surface area (TPSA) is 131 Å². The number of carbonyl (C=O) groups excluding carboxylic acids is 1. The monoisotopic (exact) mass is 467 g/mol. The van der Waals surface area contributed by atoms with Gasteiger partial charge >= 0.3 is 0 Å². The molecule has 10 heteroatoms. The molecule has 0 aliphatic carbocycles. The number of H-pyrrole nitrogens is 1. The smallest absolute Gasteiger partial charge is 0.222 e. The van der Waals surface area contributed by atoms with E-state index in [0.29, 0.717) is 54.5 Å². The summed E-state index contributed by atoms with van der Waals surface area (Å²) in [5, 5.41) is 3.39. The predicted molar refractivity (Wildman–Crippen MR) is 134 cm³/mol. The molecule has 3 aromatic heterocycles. The Morgan fingerprint density at radius 1 is 1.06 bits per heavy atom. The van der Waals surface area contributed by atoms with E-state index in [-0.39, 0.29) is 5.91 Å². The van der Waals surface area contributed by atoms with Gasteiger partial charge in [-0.05, 0) is 30.7 Å². The second-order valence-corrected chi connectivity index (χ2v) is 8.67. The van der Waals surface area contributed by atoms with Gasteiger partial charge in [0.2, 0.25) is 5.91 Å². The molecule has 0 saturated carbocycles. The summed E-state index contributed by atoms with van der Waals surface area (Å²) in [5.74, 6) is 2.17. The predicted octanol–water partition coefficient (Wildman–Crippen LogP) is 3.19. The van der Waals surface area contributed by atoms with Crippen LogP contribution in [0.1, 0.15) is 18.7 Å². The zero-order valence-electron chi connectivity index (χ0n) is 19.1. The van der Waals surface area contributed by atoms with E-state index in [1.807, 2.05) is 58.0 Å². The van der Waals surface area contributed by atoms with Gasteiger partial charge in [-0.2, -0.15) is 0 Å². The SMILES string of the molecule is Nc1cccc(-c2nc(NCc3nc4ccccc4[nH]3)c3ncn(CCN4CCCC4=O)c3n2)c1. The number of fused-ring (bicyclic) bond motifs is 2. The first-order valence-corrected chi connectivity index (χ1v) is 11.7. The van der Waals surface area contributed by atoms with Gasteiger partial charge in [-0.15, -0.1) is 0 Å². The summed E-state index contributed by atoms with van der Waals surface area (Å²) >= 11 is 0. The highest BCUT2D eigenvalue weighted by atomic mass is 16.2. The third kappa shape index (κ3) is 4.14. The molecule has 1 fully saturated rings. The van der Waals surface area contributed by atoms with Crippen LogP contribution < -0.4 is 11.1 Å². The quantitative estimate of drug-likeness (QED) is 0.313. The molecule has 1 aliphatic rings. The molecule has 1 amide bonds. The fourth-order valence-electron chi connectivity index (χ4n) is 4.46. The first-order chi connectivity index (χ1) is 17.1. The van der Waals surface area contributed by atoms with Crippen LogP contribution in [0.25, 0.3) is 33.6 Å². The first kappa shape index (κ1) is 21.1. The summed E-state index contributed by atoms with van der Waals surface area (Å²) in [7, 11) is 0. The Balaban J connectivity index is 1.34. The third-order valence-corrected chi connectivity index (χ3v) is 6.25. The van der Waals surface area contributed by atoms with Gasteiger partial charge in [0.1, 0.15) is 11.3 Å². The molecular weight excluding hydrogens is 442 g/mol. The Morgan fingerprint density at radius 3 is 2.80 bits per heavy atom. The van der Waals surface area contributed by atoms with Crippen LogP contribution in [0.3, 0.4) is 0 Å². The largest absolute Gasteiger partial charge is 0.399 e. The molecule has 0 unspecified atom stereocenters. The highest BCUT2D eigenvalue weighted by molar-refractivity contribution is 5.85. The Labute approximate surface area is 201 Å². The molecule has 10 nitrogen and oxygen atoms in total. The van der Waals surface area contributed by atoms with Crippen LogP contribution >= 0.6 is 0 Å². The van der Waals surface area contributed by atoms with Crippen LogP contribution in [0.4, 0.5) is 11.5 Å². The number of likely N-dealkylation sites (tertiary alicyclic amines) is 1. The molecule has 0 bridgehead atoms. The molecule has 2 aromatic carbocycles. The van der Waals surface area contributed by atoms with Crippen LogP contribution in [-0.4, -0.2) is 53.4 Å². The maximum atomic E-state index is 12.1. The molecule has 5 aromatic rings. The van der Waals surface area contributed by atoms with Crippen molar-refractivity contribution in [1.29, 1.82) is 0 Å². The van der Waals surface area contributed by atoms with Crippen molar-refractivity contribution in [2.75, 3.05) is 24.1 Å². The lowest BCUT2D eigenvalue weighted by Gasteiger charge is -2.16. The van der Waals surface area contributed by atoms with E-state index in [2.05, 4.69) is 20.3 Å². The van der Waals surface area contributed by atoms with Gasteiger partial charge in [-0.1, -0.05) is 24.3 Å². The molecular formula is C25H25N9O. The third-order valence-electron chi connectivity index (χ3n) is 6.25. The van der Waals surface area contributed by atoms with Crippen molar-refractivity contribution in [1.82, 2.24) is 34.4 Å². The number of nitrogen functional groups attached to an aromatic ring is 1. The number of amides is 1. The maximum absolute atomic E-state index is 12.1. The number of para-hydroxylation sites is 2. The van der Waals surface area contributed by atoms with Gasteiger partial charge in [-0.3, -0.25) is 4.79 Å². The average Bonchev–Trinajstić information content (AvgIpc) is 3.59. The summed E-state index contributed by atoms with van der Waals surface area (Å²) in [6, 6.07) is 15.4. The second kappa shape index (κ2) is 8.71. The number of aromatic amines is 1. The van der Waals surface area contributed by atoms with E-state index in [9.17, 15) is 4.79 Å². The fourth-order valence-corrected chi connectivity index (χ4v) is 4.46. The number of nitrogens with zero attached hydrogens (tertiary/aromatic N) is 6. The molecule has 6 rings (SSSR count). The molecule has 176 valence electrons. The van der Waals surface area contributed by atoms with Crippen molar-refractivity contribution in [2.45, 2.75) is 25.9 Å². The van der Waals surface area contributed by atoms with E-state index in [0.717, 1.165) is 35.4 Å². The number of benzene rings is 2. The van der Waals surface area contributed by atoms with Crippen LogP contribution in [-0.2, 0) is 17.9 Å². The molecule has 0 spiro atoms. The number of hydrogen-bond acceptors (Lipinski definition) is 7. The van der Waals surface area contributed by atoms with Gasteiger partial charge in [0.15, 0.2) is 17.3 Å². The normalized spacial score (nSPS) is 13.8. The highest BCUT2D eigenvalue weighted by Crippen LogP contribution is 2.26. The number of aromatic nitrogens is 6. The Morgan fingerprint density at radius 2 is 1.97 bits per heavy atom. The second-order valence-electron chi connectivity index (χ2n) is 8.67. The van der Waals surface area contributed by atoms with Gasteiger partial charge in [0, 0.05) is 37.3 Å². The van der Waals surface area contributed by atoms with E-state index in [1.165, 1.54) is 0 Å². The first-order valence-electron chi connectivity index (χ1n) is 11.7. The molecule has 4 heterocycles. The van der Waals surface area contributed by atoms with Crippen molar-refractivity contribution in [3.8, 4) is 11.4 Å². The van der Waals surface area contributed by atoms with Crippen molar-refractivity contribution < 1.29 is 4.79 Å². The zero-order valence-corrected chi connectivity index (χ0v) is 19.1. The number of hydrogen-bond donors (Lipinski definition) is 3. The number of imidazole rings is 2. The lowest BCUT2D eigenvalue weighted by molar-refractivity contribution is -0.127. The molecule has 1 aliphatic heterocycles. The van der Waals surface area contributed by atoms with Crippen molar-refractivity contribution in [2.24, 2.45) is 0 Å². The highest BCUT2D eigenvalue weighted by Gasteiger charge is 2.21. The lowest BCUT2D eigenvalue weighted by atomic mass is 10.2. The number of nitrogens with one attached hydrogen (secondary N) is 2. The van der Waals surface area contributed by atoms with Crippen LogP contribution in [0.5, 0.6) is 0 Å². The molecule has 4 N–H and O–H groups in total. The minimum absolute atomic E-state index is 0.206. The van der Waals surface area contributed by atoms with E-state index in [1.54, 1.807) is 6.33 Å². The van der Waals surface area contributed by atoms with Crippen molar-refractivity contribution in [3.05, 3.63) is 60.7 Å². The number of anilines is 2. The minimum atomic E-state index is 0.206. The summed E-state index contributed by atoms with van der Waals surface area (Å²) in [4.78, 5) is 36.1. The summed E-state index contributed by atoms with van der Waals surface area (Å²) < 4.78 is 1.98. The standard InChI is InChI=1S/C25H25N9O/c26-17-6-3-5-16(13-17)23-31-24(27-14-20-29-18-7-1-2-8-19(18)30-20)22-25(32-23)34(15-28-22)12-11-33-10-4-9-21(33)35/h1-3,5-8,13,15H,4,9-12,14,26H2,(H,29,30)(H,27,31,32). The fraction of sp³-hybridized carbons (Fsp3) is 0.240. The summed E-state index contributed by atoms with van der Waals surface area (Å²) in [5.41, 5.74) is 10.8. The lowest BCUT2D eigenvalue weighted by Crippen LogP contribution is -2.28. The Bertz CT molecular complexity index is 1500. The number of nitrogens with two attached hydrogens (primary N) is 1. The van der Waals surface area contributed by atoms with Crippen molar-refractivity contribution in [3.63, 3.8) is 0 Å². The average molecular weight is 468 g/mol. The zero-order chi connectivity index (χ0) is 23.8. The number of rotatable bonds is 7. The molecule has 0 radical (unpaired) electrons. The minimum Gasteiger partial charge on any atom is -0.399 e. The summed E-state index contributed by atoms with van der Waals surface area (Å²) in [6.07, 6.45) is 3.30. The molecule has 35 heavy (non-hydrogen) atoms.